The molecule has 9 aromatic carbocycles. The molecule has 0 bridgehead atoms. The van der Waals surface area contributed by atoms with Gasteiger partial charge in [0.2, 0.25) is 0 Å². The predicted octanol–water partition coefficient (Wildman–Crippen LogP) is 14.4. The summed E-state index contributed by atoms with van der Waals surface area (Å²) in [5, 5.41) is 7.11. The standard InChI is InChI=1S/C50H33NO/c1-2-10-34(11-3-1)38-14-8-15-43(33-38)51(42-28-22-37(23-29-42)45-18-9-13-36-12-4-5-16-44(36)45)41-26-20-35(21-27-41)39-24-30-46-40(32-39)25-31-48-47-17-6-7-19-49(47)52-50(46)48/h1-33H. The summed E-state index contributed by atoms with van der Waals surface area (Å²) in [5.74, 6) is 0. The number of rotatable bonds is 6. The quantitative estimate of drug-likeness (QED) is 0.176. The molecule has 0 spiro atoms. The number of para-hydroxylation sites is 1. The zero-order valence-electron chi connectivity index (χ0n) is 28.4. The van der Waals surface area contributed by atoms with Crippen LogP contribution in [0.25, 0.3) is 76.9 Å². The second kappa shape index (κ2) is 12.5. The number of fused-ring (bicyclic) bond motifs is 6. The summed E-state index contributed by atoms with van der Waals surface area (Å²) >= 11 is 0. The Hall–Kier alpha value is -6.90. The minimum absolute atomic E-state index is 0.923. The van der Waals surface area contributed by atoms with Gasteiger partial charge in [0.15, 0.2) is 0 Å². The average Bonchev–Trinajstić information content (AvgIpc) is 3.61. The molecule has 0 amide bonds. The highest BCUT2D eigenvalue weighted by Gasteiger charge is 2.16. The van der Waals surface area contributed by atoms with Gasteiger partial charge in [0.05, 0.1) is 0 Å². The maximum Gasteiger partial charge on any atom is 0.143 e. The van der Waals surface area contributed by atoms with Crippen molar-refractivity contribution in [1.82, 2.24) is 0 Å². The summed E-state index contributed by atoms with van der Waals surface area (Å²) in [7, 11) is 0. The van der Waals surface area contributed by atoms with E-state index in [9.17, 15) is 0 Å². The van der Waals surface area contributed by atoms with Crippen LogP contribution in [-0.4, -0.2) is 0 Å². The molecule has 10 aromatic rings. The lowest BCUT2D eigenvalue weighted by Crippen LogP contribution is -2.10. The molecule has 10 rings (SSSR count). The van der Waals surface area contributed by atoms with Gasteiger partial charge < -0.3 is 9.32 Å². The van der Waals surface area contributed by atoms with Gasteiger partial charge in [-0.25, -0.2) is 0 Å². The van der Waals surface area contributed by atoms with Crippen LogP contribution in [0.1, 0.15) is 0 Å². The number of hydrogen-bond acceptors (Lipinski definition) is 2. The van der Waals surface area contributed by atoms with Crippen molar-refractivity contribution in [2.75, 3.05) is 4.90 Å². The molecule has 0 fully saturated rings. The summed E-state index contributed by atoms with van der Waals surface area (Å²) < 4.78 is 6.32. The Labute approximate surface area is 302 Å². The van der Waals surface area contributed by atoms with E-state index in [1.165, 1.54) is 49.5 Å². The number of hydrogen-bond donors (Lipinski definition) is 0. The van der Waals surface area contributed by atoms with Crippen molar-refractivity contribution in [3.05, 3.63) is 200 Å². The van der Waals surface area contributed by atoms with Crippen molar-refractivity contribution >= 4 is 60.5 Å². The van der Waals surface area contributed by atoms with E-state index in [0.29, 0.717) is 0 Å². The summed E-state index contributed by atoms with van der Waals surface area (Å²) in [6, 6.07) is 71.7. The molecule has 0 aliphatic heterocycles. The fourth-order valence-electron chi connectivity index (χ4n) is 7.66. The molecule has 0 aliphatic rings. The number of nitrogens with zero attached hydrogens (tertiary/aromatic N) is 1. The highest BCUT2D eigenvalue weighted by Crippen LogP contribution is 2.40. The Kier molecular flexibility index (Phi) is 7.18. The molecule has 244 valence electrons. The van der Waals surface area contributed by atoms with Gasteiger partial charge in [0.1, 0.15) is 11.2 Å². The van der Waals surface area contributed by atoms with E-state index in [4.69, 9.17) is 4.42 Å². The van der Waals surface area contributed by atoms with E-state index in [0.717, 1.165) is 44.4 Å². The van der Waals surface area contributed by atoms with Gasteiger partial charge in [-0.2, -0.15) is 0 Å². The molecular weight excluding hydrogens is 631 g/mol. The Balaban J connectivity index is 1.04. The summed E-state index contributed by atoms with van der Waals surface area (Å²) in [6.07, 6.45) is 0. The fraction of sp³-hybridized carbons (Fsp3) is 0. The van der Waals surface area contributed by atoms with E-state index in [1.54, 1.807) is 0 Å². The third-order valence-corrected chi connectivity index (χ3v) is 10.3. The van der Waals surface area contributed by atoms with E-state index < -0.39 is 0 Å². The molecule has 52 heavy (non-hydrogen) atoms. The second-order valence-corrected chi connectivity index (χ2v) is 13.3. The van der Waals surface area contributed by atoms with Crippen molar-refractivity contribution in [2.24, 2.45) is 0 Å². The topological polar surface area (TPSA) is 16.4 Å². The van der Waals surface area contributed by atoms with Crippen molar-refractivity contribution in [1.29, 1.82) is 0 Å². The minimum atomic E-state index is 0.923. The van der Waals surface area contributed by atoms with Gasteiger partial charge in [0.25, 0.3) is 0 Å². The van der Waals surface area contributed by atoms with Crippen LogP contribution in [0.4, 0.5) is 17.1 Å². The molecule has 0 N–H and O–H groups in total. The molecule has 0 radical (unpaired) electrons. The number of benzene rings is 9. The molecule has 0 saturated heterocycles. The molecule has 0 unspecified atom stereocenters. The maximum atomic E-state index is 6.32. The van der Waals surface area contributed by atoms with Gasteiger partial charge in [-0.15, -0.1) is 0 Å². The van der Waals surface area contributed by atoms with Crippen LogP contribution in [-0.2, 0) is 0 Å². The zero-order chi connectivity index (χ0) is 34.4. The van der Waals surface area contributed by atoms with Crippen LogP contribution in [0.15, 0.2) is 205 Å². The molecule has 0 aliphatic carbocycles. The summed E-state index contributed by atoms with van der Waals surface area (Å²) in [5.41, 5.74) is 12.3. The highest BCUT2D eigenvalue weighted by molar-refractivity contribution is 6.15. The van der Waals surface area contributed by atoms with Crippen LogP contribution >= 0.6 is 0 Å². The van der Waals surface area contributed by atoms with Gasteiger partial charge >= 0.3 is 0 Å². The third kappa shape index (κ3) is 5.21. The highest BCUT2D eigenvalue weighted by atomic mass is 16.3. The van der Waals surface area contributed by atoms with Crippen LogP contribution in [0.2, 0.25) is 0 Å². The minimum Gasteiger partial charge on any atom is -0.455 e. The predicted molar refractivity (Wildman–Crippen MR) is 220 cm³/mol. The molecule has 1 heterocycles. The van der Waals surface area contributed by atoms with Gasteiger partial charge in [0, 0.05) is 33.2 Å². The van der Waals surface area contributed by atoms with Crippen molar-refractivity contribution < 1.29 is 4.42 Å². The SMILES string of the molecule is c1ccc(-c2cccc(N(c3ccc(-c4ccc5c(ccc6c7ccccc7oc56)c4)cc3)c3ccc(-c4cccc5ccccc45)cc3)c2)cc1. The van der Waals surface area contributed by atoms with Gasteiger partial charge in [-0.1, -0.05) is 140 Å². The van der Waals surface area contributed by atoms with Crippen LogP contribution in [0, 0.1) is 0 Å². The van der Waals surface area contributed by atoms with Gasteiger partial charge in [-0.05, 0) is 110 Å². The number of furan rings is 1. The monoisotopic (exact) mass is 663 g/mol. The van der Waals surface area contributed by atoms with Gasteiger partial charge in [-0.3, -0.25) is 0 Å². The first-order chi connectivity index (χ1) is 25.8. The lowest BCUT2D eigenvalue weighted by molar-refractivity contribution is 0.672. The average molecular weight is 664 g/mol. The zero-order valence-corrected chi connectivity index (χ0v) is 28.4. The first kappa shape index (κ1) is 30.0. The number of anilines is 3. The second-order valence-electron chi connectivity index (χ2n) is 13.3. The molecule has 2 heteroatoms. The Bertz CT molecular complexity index is 2880. The summed E-state index contributed by atoms with van der Waals surface area (Å²) in [6.45, 7) is 0. The van der Waals surface area contributed by atoms with Crippen molar-refractivity contribution in [3.63, 3.8) is 0 Å². The van der Waals surface area contributed by atoms with Crippen molar-refractivity contribution in [2.45, 2.75) is 0 Å². The Morgan fingerprint density at radius 2 is 0.904 bits per heavy atom. The maximum absolute atomic E-state index is 6.32. The lowest BCUT2D eigenvalue weighted by atomic mass is 9.97. The van der Waals surface area contributed by atoms with Crippen LogP contribution in [0.5, 0.6) is 0 Å². The fourth-order valence-corrected chi connectivity index (χ4v) is 7.66. The van der Waals surface area contributed by atoms with E-state index in [2.05, 4.69) is 193 Å². The Morgan fingerprint density at radius 1 is 0.308 bits per heavy atom. The first-order valence-electron chi connectivity index (χ1n) is 17.8. The van der Waals surface area contributed by atoms with Crippen LogP contribution in [0.3, 0.4) is 0 Å². The van der Waals surface area contributed by atoms with E-state index in [1.807, 2.05) is 12.1 Å². The molecule has 2 nitrogen and oxygen atoms in total. The van der Waals surface area contributed by atoms with E-state index >= 15 is 0 Å². The smallest absolute Gasteiger partial charge is 0.143 e. The van der Waals surface area contributed by atoms with Crippen molar-refractivity contribution in [3.8, 4) is 33.4 Å². The van der Waals surface area contributed by atoms with Crippen LogP contribution < -0.4 is 4.90 Å². The third-order valence-electron chi connectivity index (χ3n) is 10.3. The first-order valence-corrected chi connectivity index (χ1v) is 17.8. The molecule has 0 saturated carbocycles. The lowest BCUT2D eigenvalue weighted by Gasteiger charge is -2.26. The molecule has 1 aromatic heterocycles. The molecular formula is C50H33NO. The van der Waals surface area contributed by atoms with E-state index in [-0.39, 0.29) is 0 Å². The largest absolute Gasteiger partial charge is 0.455 e. The normalized spacial score (nSPS) is 11.5. The summed E-state index contributed by atoms with van der Waals surface area (Å²) in [4.78, 5) is 2.35. The molecule has 0 atom stereocenters. The Morgan fingerprint density at radius 3 is 1.73 bits per heavy atom.